The predicted molar refractivity (Wildman–Crippen MR) is 240 cm³/mol. The van der Waals surface area contributed by atoms with Crippen molar-refractivity contribution in [1.29, 1.82) is 21.0 Å². The van der Waals surface area contributed by atoms with Crippen LogP contribution >= 0.6 is 56.7 Å². The third kappa shape index (κ3) is 7.02. The van der Waals surface area contributed by atoms with Crippen LogP contribution < -0.4 is 29.5 Å². The Morgan fingerprint density at radius 1 is 0.645 bits per heavy atom. The normalized spacial score (nSPS) is 12.8. The van der Waals surface area contributed by atoms with E-state index in [1.807, 2.05) is 66.7 Å². The average molecular weight is 909 g/mol. The highest BCUT2D eigenvalue weighted by Gasteiger charge is 2.61. The van der Waals surface area contributed by atoms with Gasteiger partial charge >= 0.3 is 11.9 Å². The first-order valence-electron chi connectivity index (χ1n) is 18.8. The number of carbonyl (C=O) groups excluding carboxylic acids is 2. The molecule has 2 aromatic carbocycles. The predicted octanol–water partition coefficient (Wildman–Crippen LogP) is 5.32. The highest BCUT2D eigenvalue weighted by atomic mass is 32.1. The topological polar surface area (TPSA) is 192 Å². The lowest BCUT2D eigenvalue weighted by molar-refractivity contribution is -0.164. The van der Waals surface area contributed by atoms with Crippen molar-refractivity contribution in [1.82, 2.24) is 9.13 Å². The highest BCUT2D eigenvalue weighted by Crippen LogP contribution is 2.60. The van der Waals surface area contributed by atoms with Gasteiger partial charge in [0.05, 0.1) is 23.5 Å². The maximum absolute atomic E-state index is 15.1. The molecule has 0 aliphatic heterocycles. The number of rotatable bonds is 10. The minimum absolute atomic E-state index is 0.141. The number of nitriles is 4. The molecule has 0 saturated heterocycles. The maximum Gasteiger partial charge on any atom is 0.333 e. The SMILES string of the molecule is CCn1c(=C(C#N)C#N)s/c(=C\c2cc3c(s2)-c2sc4cc(/C=c5\sc(=C(C#N)C#N)n(CC)c5=O)sc4c2C3(C(=O)OCc2ccccc2)C(=O)OCc2ccccc2)c1=O. The summed E-state index contributed by atoms with van der Waals surface area (Å²) in [6.45, 7) is 3.69. The van der Waals surface area contributed by atoms with E-state index in [0.717, 1.165) is 27.4 Å². The summed E-state index contributed by atoms with van der Waals surface area (Å²) < 4.78 is 17.3. The summed E-state index contributed by atoms with van der Waals surface area (Å²) >= 11 is 5.97. The van der Waals surface area contributed by atoms with Gasteiger partial charge in [0, 0.05) is 38.7 Å². The summed E-state index contributed by atoms with van der Waals surface area (Å²) in [7, 11) is 0. The number of carbonyl (C=O) groups is 2. The molecule has 0 N–H and O–H groups in total. The molecule has 8 rings (SSSR count). The first-order chi connectivity index (χ1) is 30.1. The first kappa shape index (κ1) is 41.8. The number of nitrogens with zero attached hydrogens (tertiary/aromatic N) is 6. The van der Waals surface area contributed by atoms with E-state index in [2.05, 4.69) is 0 Å². The fraction of sp³-hybridized carbons (Fsp3) is 0.156. The van der Waals surface area contributed by atoms with Gasteiger partial charge in [-0.2, -0.15) is 21.0 Å². The summed E-state index contributed by atoms with van der Waals surface area (Å²) in [6.07, 6.45) is 3.31. The van der Waals surface area contributed by atoms with Crippen LogP contribution in [0.4, 0.5) is 0 Å². The third-order valence-electron chi connectivity index (χ3n) is 10.0. The molecule has 17 heteroatoms. The molecule has 0 unspecified atom stereocenters. The molecule has 0 fully saturated rings. The van der Waals surface area contributed by atoms with Crippen LogP contribution in [0.5, 0.6) is 0 Å². The highest BCUT2D eigenvalue weighted by molar-refractivity contribution is 7.32. The van der Waals surface area contributed by atoms with Crippen molar-refractivity contribution >= 4 is 101 Å². The number of ether oxygens (including phenoxy) is 2. The van der Waals surface area contributed by atoms with E-state index in [-0.39, 0.29) is 62.4 Å². The van der Waals surface area contributed by atoms with Crippen molar-refractivity contribution in [2.75, 3.05) is 0 Å². The summed E-state index contributed by atoms with van der Waals surface area (Å²) in [4.78, 5) is 59.7. The van der Waals surface area contributed by atoms with Crippen LogP contribution in [0.1, 0.15) is 45.9 Å². The molecule has 5 heterocycles. The van der Waals surface area contributed by atoms with Crippen LogP contribution in [-0.2, 0) is 50.8 Å². The monoisotopic (exact) mass is 908 g/mol. The van der Waals surface area contributed by atoms with Gasteiger partial charge in [0.25, 0.3) is 11.1 Å². The van der Waals surface area contributed by atoms with Crippen molar-refractivity contribution < 1.29 is 19.1 Å². The van der Waals surface area contributed by atoms with Crippen LogP contribution in [0.3, 0.4) is 0 Å². The molecule has 0 bridgehead atoms. The number of thiazole rings is 2. The Labute approximate surface area is 371 Å². The summed E-state index contributed by atoms with van der Waals surface area (Å²) in [5.41, 5.74) is -1.12. The standard InChI is InChI=1S/C45H28N6O6S5/c1-3-50-39(52)33(61-41(50)27(19-46)20-47)17-29-15-31-36(58-29)38-35(37-32(60-38)16-30(59-37)18-34-40(53)51(4-2)42(62-34)28(21-48)22-49)45(31,43(54)56-23-25-11-7-5-8-12-25)44(55)57-24-26-13-9-6-10-14-26/h5-18H,3-4,23-24H2,1-2H3/b33-17-,34-18-. The van der Waals surface area contributed by atoms with Gasteiger partial charge in [-0.3, -0.25) is 28.3 Å². The molecule has 0 amide bonds. The van der Waals surface area contributed by atoms with E-state index in [9.17, 15) is 30.6 Å². The number of benzene rings is 2. The van der Waals surface area contributed by atoms with Crippen molar-refractivity contribution in [2.45, 2.75) is 45.6 Å². The Kier molecular flexibility index (Phi) is 11.6. The van der Waals surface area contributed by atoms with E-state index in [0.29, 0.717) is 51.0 Å². The largest absolute Gasteiger partial charge is 0.459 e. The van der Waals surface area contributed by atoms with Gasteiger partial charge in [-0.25, -0.2) is 0 Å². The maximum atomic E-state index is 15.1. The van der Waals surface area contributed by atoms with Crippen molar-refractivity contribution in [2.24, 2.45) is 0 Å². The second-order valence-corrected chi connectivity index (χ2v) is 18.8. The Bertz CT molecular complexity index is 3450. The summed E-state index contributed by atoms with van der Waals surface area (Å²) in [6, 6.07) is 29.2. The fourth-order valence-electron chi connectivity index (χ4n) is 7.20. The number of esters is 2. The van der Waals surface area contributed by atoms with E-state index < -0.39 is 17.4 Å². The Morgan fingerprint density at radius 3 is 1.56 bits per heavy atom. The van der Waals surface area contributed by atoms with Crippen molar-refractivity contribution in [3.8, 4) is 34.0 Å². The molecule has 5 aromatic heterocycles. The molecule has 0 spiro atoms. The zero-order valence-electron chi connectivity index (χ0n) is 32.6. The zero-order valence-corrected chi connectivity index (χ0v) is 36.7. The molecule has 1 aliphatic rings. The Balaban J connectivity index is 1.37. The summed E-state index contributed by atoms with van der Waals surface area (Å²) in [5.74, 6) is -1.72. The fourth-order valence-corrected chi connectivity index (χ4v) is 13.6. The second-order valence-electron chi connectivity index (χ2n) is 13.5. The van der Waals surface area contributed by atoms with Crippen LogP contribution in [0.2, 0.25) is 0 Å². The molecule has 7 aromatic rings. The Hall–Kier alpha value is -6.96. The van der Waals surface area contributed by atoms with Crippen molar-refractivity contribution in [3.63, 3.8) is 0 Å². The smallest absolute Gasteiger partial charge is 0.333 e. The zero-order chi connectivity index (χ0) is 43.7. The van der Waals surface area contributed by atoms with Gasteiger partial charge in [0.15, 0.2) is 11.1 Å². The number of fused-ring (bicyclic) bond motifs is 5. The molecule has 0 radical (unpaired) electrons. The van der Waals surface area contributed by atoms with Gasteiger partial charge in [-0.15, -0.1) is 56.7 Å². The number of hydrogen-bond acceptors (Lipinski definition) is 15. The van der Waals surface area contributed by atoms with Crippen LogP contribution in [-0.4, -0.2) is 21.1 Å². The molecule has 1 aliphatic carbocycles. The van der Waals surface area contributed by atoms with Crippen molar-refractivity contribution in [3.05, 3.63) is 144 Å². The van der Waals surface area contributed by atoms with Gasteiger partial charge in [-0.1, -0.05) is 60.7 Å². The Morgan fingerprint density at radius 2 is 1.11 bits per heavy atom. The van der Waals surface area contributed by atoms with Gasteiger partial charge in [-0.05, 0) is 49.3 Å². The molecular weight excluding hydrogens is 881 g/mol. The molecule has 0 atom stereocenters. The van der Waals surface area contributed by atoms with Gasteiger partial charge < -0.3 is 9.47 Å². The quantitative estimate of drug-likeness (QED) is 0.128. The first-order valence-corrected chi connectivity index (χ1v) is 22.8. The third-order valence-corrected chi connectivity index (χ3v) is 15.9. The van der Waals surface area contributed by atoms with Crippen LogP contribution in [0.15, 0.2) is 82.4 Å². The second kappa shape index (κ2) is 17.2. The average Bonchev–Trinajstić information content (AvgIpc) is 4.13. The van der Waals surface area contributed by atoms with E-state index >= 15 is 9.59 Å². The van der Waals surface area contributed by atoms with E-state index in [4.69, 9.17) is 9.47 Å². The summed E-state index contributed by atoms with van der Waals surface area (Å²) in [5, 5.41) is 38.4. The molecule has 12 nitrogen and oxygen atoms in total. The van der Waals surface area contributed by atoms with Crippen LogP contribution in [0.25, 0.3) is 42.5 Å². The number of hydrogen-bond donors (Lipinski definition) is 0. The number of thiophene rings is 3. The molecule has 62 heavy (non-hydrogen) atoms. The van der Waals surface area contributed by atoms with Gasteiger partial charge in [0.2, 0.25) is 5.41 Å². The molecule has 0 saturated carbocycles. The van der Waals surface area contributed by atoms with E-state index in [1.54, 1.807) is 56.3 Å². The van der Waals surface area contributed by atoms with Gasteiger partial charge in [0.1, 0.15) is 46.8 Å². The lowest BCUT2D eigenvalue weighted by Gasteiger charge is -2.26. The minimum Gasteiger partial charge on any atom is -0.459 e. The van der Waals surface area contributed by atoms with Crippen LogP contribution in [0, 0.1) is 45.3 Å². The minimum atomic E-state index is -2.13. The number of aromatic nitrogens is 2. The lowest BCUT2D eigenvalue weighted by Crippen LogP contribution is -2.45. The van der Waals surface area contributed by atoms with E-state index in [1.165, 1.54) is 43.1 Å². The lowest BCUT2D eigenvalue weighted by atomic mass is 9.79. The molecule has 304 valence electrons. The molecular formula is C45H28N6O6S5.